The van der Waals surface area contributed by atoms with E-state index in [0.29, 0.717) is 0 Å². The van der Waals surface area contributed by atoms with Gasteiger partial charge in [0.05, 0.1) is 11.3 Å². The second kappa shape index (κ2) is 4.21. The normalized spacial score (nSPS) is 10.2. The lowest BCUT2D eigenvalue weighted by atomic mass is 10.1. The molecule has 86 valence electrons. The number of H-pyrrole nitrogens is 1. The lowest BCUT2D eigenvalue weighted by molar-refractivity contribution is 0.0697. The minimum absolute atomic E-state index is 0.00949. The van der Waals surface area contributed by atoms with Gasteiger partial charge in [-0.3, -0.25) is 4.79 Å². The van der Waals surface area contributed by atoms with Crippen molar-refractivity contribution in [3.05, 3.63) is 59.2 Å². The van der Waals surface area contributed by atoms with Crippen molar-refractivity contribution in [2.45, 2.75) is 0 Å². The van der Waals surface area contributed by atoms with Crippen LogP contribution in [0.15, 0.2) is 36.5 Å². The molecule has 0 atom stereocenters. The van der Waals surface area contributed by atoms with Crippen LogP contribution in [-0.4, -0.2) is 21.8 Å². The molecule has 1 aromatic heterocycles. The molecule has 0 radical (unpaired) electrons. The van der Waals surface area contributed by atoms with Crippen molar-refractivity contribution in [3.8, 4) is 0 Å². The first kappa shape index (κ1) is 11.1. The van der Waals surface area contributed by atoms with E-state index in [1.807, 2.05) is 0 Å². The molecule has 0 aliphatic rings. The topological polar surface area (TPSA) is 70.2 Å². The zero-order valence-electron chi connectivity index (χ0n) is 8.61. The van der Waals surface area contributed by atoms with Crippen molar-refractivity contribution in [3.63, 3.8) is 0 Å². The molecule has 2 aromatic rings. The number of benzene rings is 1. The SMILES string of the molecule is O=C(O)c1c[nH]c(C(=O)c2cccc(F)c2)c1. The van der Waals surface area contributed by atoms with E-state index in [9.17, 15) is 14.0 Å². The number of rotatable bonds is 3. The first-order valence-electron chi connectivity index (χ1n) is 4.80. The van der Waals surface area contributed by atoms with Crippen molar-refractivity contribution >= 4 is 11.8 Å². The molecule has 1 heterocycles. The van der Waals surface area contributed by atoms with Gasteiger partial charge in [-0.1, -0.05) is 12.1 Å². The zero-order chi connectivity index (χ0) is 12.4. The van der Waals surface area contributed by atoms with Gasteiger partial charge in [0.2, 0.25) is 5.78 Å². The summed E-state index contributed by atoms with van der Waals surface area (Å²) >= 11 is 0. The number of halogens is 1. The smallest absolute Gasteiger partial charge is 0.337 e. The highest BCUT2D eigenvalue weighted by molar-refractivity contribution is 6.08. The van der Waals surface area contributed by atoms with Gasteiger partial charge < -0.3 is 10.1 Å². The maximum atomic E-state index is 12.9. The summed E-state index contributed by atoms with van der Waals surface area (Å²) in [6, 6.07) is 6.43. The number of hydrogen-bond donors (Lipinski definition) is 2. The molecule has 0 aliphatic heterocycles. The van der Waals surface area contributed by atoms with Crippen LogP contribution in [0.4, 0.5) is 4.39 Å². The summed E-state index contributed by atoms with van der Waals surface area (Å²) in [4.78, 5) is 25.0. The van der Waals surface area contributed by atoms with Gasteiger partial charge in [-0.15, -0.1) is 0 Å². The Kier molecular flexibility index (Phi) is 2.74. The molecule has 2 rings (SSSR count). The molecule has 0 fully saturated rings. The minimum atomic E-state index is -1.13. The summed E-state index contributed by atoms with van der Waals surface area (Å²) in [6.45, 7) is 0. The third kappa shape index (κ3) is 2.23. The number of carboxylic acids is 1. The molecule has 0 bridgehead atoms. The van der Waals surface area contributed by atoms with E-state index >= 15 is 0 Å². The van der Waals surface area contributed by atoms with E-state index in [4.69, 9.17) is 5.11 Å². The number of carbonyl (C=O) groups excluding carboxylic acids is 1. The number of aromatic amines is 1. The van der Waals surface area contributed by atoms with Gasteiger partial charge in [-0.05, 0) is 18.2 Å². The van der Waals surface area contributed by atoms with Crippen LogP contribution < -0.4 is 0 Å². The summed E-state index contributed by atoms with van der Waals surface area (Å²) < 4.78 is 12.9. The summed E-state index contributed by atoms with van der Waals surface area (Å²) in [7, 11) is 0. The molecular weight excluding hydrogens is 225 g/mol. The van der Waals surface area contributed by atoms with E-state index in [1.54, 1.807) is 0 Å². The molecular formula is C12H8FNO3. The largest absolute Gasteiger partial charge is 0.478 e. The standard InChI is InChI=1S/C12H8FNO3/c13-9-3-1-2-7(4-9)11(15)10-5-8(6-14-10)12(16)17/h1-6,14H,(H,16,17). The van der Waals surface area contributed by atoms with Crippen molar-refractivity contribution in [2.75, 3.05) is 0 Å². The second-order valence-electron chi connectivity index (χ2n) is 3.45. The van der Waals surface area contributed by atoms with Crippen LogP contribution in [0.25, 0.3) is 0 Å². The van der Waals surface area contributed by atoms with Crippen LogP contribution in [0, 0.1) is 5.82 Å². The fraction of sp³-hybridized carbons (Fsp3) is 0. The van der Waals surface area contributed by atoms with Crippen LogP contribution in [0.3, 0.4) is 0 Å². The molecule has 1 aromatic carbocycles. The average molecular weight is 233 g/mol. The number of ketones is 1. The van der Waals surface area contributed by atoms with E-state index in [1.165, 1.54) is 30.5 Å². The quantitative estimate of drug-likeness (QED) is 0.797. The number of carbonyl (C=O) groups is 2. The Hall–Kier alpha value is -2.43. The maximum Gasteiger partial charge on any atom is 0.337 e. The fourth-order valence-corrected chi connectivity index (χ4v) is 1.43. The van der Waals surface area contributed by atoms with Gasteiger partial charge >= 0.3 is 5.97 Å². The summed E-state index contributed by atoms with van der Waals surface area (Å²) in [6.07, 6.45) is 1.22. The Bertz CT molecular complexity index is 589. The molecule has 0 aliphatic carbocycles. The van der Waals surface area contributed by atoms with Crippen LogP contribution in [0.5, 0.6) is 0 Å². The number of carboxylic acid groups (broad SMARTS) is 1. The van der Waals surface area contributed by atoms with E-state index in [2.05, 4.69) is 4.98 Å². The Morgan fingerprint density at radius 3 is 2.53 bits per heavy atom. The van der Waals surface area contributed by atoms with Crippen molar-refractivity contribution in [1.82, 2.24) is 4.98 Å². The van der Waals surface area contributed by atoms with Crippen LogP contribution >= 0.6 is 0 Å². The molecule has 0 unspecified atom stereocenters. The monoisotopic (exact) mass is 233 g/mol. The number of nitrogens with one attached hydrogen (secondary N) is 1. The van der Waals surface area contributed by atoms with Gasteiger partial charge in [-0.25, -0.2) is 9.18 Å². The third-order valence-corrected chi connectivity index (χ3v) is 2.26. The van der Waals surface area contributed by atoms with Crippen LogP contribution in [0.2, 0.25) is 0 Å². The Balaban J connectivity index is 2.34. The second-order valence-corrected chi connectivity index (χ2v) is 3.45. The first-order valence-corrected chi connectivity index (χ1v) is 4.80. The molecule has 2 N–H and O–H groups in total. The average Bonchev–Trinajstić information content (AvgIpc) is 2.77. The molecule has 0 saturated heterocycles. The van der Waals surface area contributed by atoms with Crippen LogP contribution in [0.1, 0.15) is 26.4 Å². The van der Waals surface area contributed by atoms with E-state index in [-0.39, 0.29) is 16.8 Å². The molecule has 0 spiro atoms. The number of hydrogen-bond acceptors (Lipinski definition) is 2. The Morgan fingerprint density at radius 1 is 1.18 bits per heavy atom. The summed E-state index contributed by atoms with van der Waals surface area (Å²) in [5.41, 5.74) is 0.279. The molecule has 17 heavy (non-hydrogen) atoms. The highest BCUT2D eigenvalue weighted by Crippen LogP contribution is 2.11. The van der Waals surface area contributed by atoms with Crippen molar-refractivity contribution in [2.24, 2.45) is 0 Å². The van der Waals surface area contributed by atoms with Gasteiger partial charge in [-0.2, -0.15) is 0 Å². The van der Waals surface area contributed by atoms with Crippen molar-refractivity contribution < 1.29 is 19.1 Å². The van der Waals surface area contributed by atoms with Gasteiger partial charge in [0.25, 0.3) is 0 Å². The Morgan fingerprint density at radius 2 is 1.94 bits per heavy atom. The summed E-state index contributed by atoms with van der Waals surface area (Å²) in [5, 5.41) is 8.70. The molecule has 0 saturated carbocycles. The number of aromatic nitrogens is 1. The van der Waals surface area contributed by atoms with Gasteiger partial charge in [0, 0.05) is 11.8 Å². The summed E-state index contributed by atoms with van der Waals surface area (Å²) in [5.74, 6) is -2.09. The maximum absolute atomic E-state index is 12.9. The zero-order valence-corrected chi connectivity index (χ0v) is 8.61. The third-order valence-electron chi connectivity index (χ3n) is 2.26. The highest BCUT2D eigenvalue weighted by atomic mass is 19.1. The fourth-order valence-electron chi connectivity index (χ4n) is 1.43. The van der Waals surface area contributed by atoms with Crippen molar-refractivity contribution in [1.29, 1.82) is 0 Å². The molecule has 4 nitrogen and oxygen atoms in total. The van der Waals surface area contributed by atoms with E-state index < -0.39 is 17.6 Å². The first-order chi connectivity index (χ1) is 8.08. The minimum Gasteiger partial charge on any atom is -0.478 e. The number of aromatic carboxylic acids is 1. The predicted molar refractivity (Wildman–Crippen MR) is 57.6 cm³/mol. The van der Waals surface area contributed by atoms with Crippen LogP contribution in [-0.2, 0) is 0 Å². The molecule has 5 heteroatoms. The lowest BCUT2D eigenvalue weighted by Crippen LogP contribution is -2.02. The lowest BCUT2D eigenvalue weighted by Gasteiger charge is -1.97. The predicted octanol–water partition coefficient (Wildman–Crippen LogP) is 2.08. The van der Waals surface area contributed by atoms with E-state index in [0.717, 1.165) is 6.07 Å². The molecule has 0 amide bonds. The van der Waals surface area contributed by atoms with Gasteiger partial charge in [0.15, 0.2) is 0 Å². The highest BCUT2D eigenvalue weighted by Gasteiger charge is 2.14. The Labute approximate surface area is 95.7 Å². The van der Waals surface area contributed by atoms with Gasteiger partial charge in [0.1, 0.15) is 5.82 Å².